The van der Waals surface area contributed by atoms with Gasteiger partial charge in [-0.3, -0.25) is 4.79 Å². The predicted octanol–water partition coefficient (Wildman–Crippen LogP) is 3.66. The number of likely N-dealkylation sites (tertiary alicyclic amines) is 1. The number of hydrogen-bond donors (Lipinski definition) is 0. The highest BCUT2D eigenvalue weighted by Crippen LogP contribution is 2.24. The Morgan fingerprint density at radius 3 is 3.00 bits per heavy atom. The first-order valence-electron chi connectivity index (χ1n) is 6.24. The summed E-state index contributed by atoms with van der Waals surface area (Å²) in [5.41, 5.74) is 0.847. The molecule has 1 aromatic rings. The van der Waals surface area contributed by atoms with E-state index in [9.17, 15) is 4.79 Å². The van der Waals surface area contributed by atoms with Crippen molar-refractivity contribution in [2.24, 2.45) is 5.92 Å². The van der Waals surface area contributed by atoms with Crippen molar-refractivity contribution in [3.8, 4) is 0 Å². The van der Waals surface area contributed by atoms with Gasteiger partial charge in [0.15, 0.2) is 0 Å². The van der Waals surface area contributed by atoms with Crippen molar-refractivity contribution >= 4 is 33.6 Å². The topological polar surface area (TPSA) is 20.3 Å². The Morgan fingerprint density at radius 1 is 1.50 bits per heavy atom. The number of amides is 1. The molecule has 1 unspecified atom stereocenters. The first-order chi connectivity index (χ1) is 8.76. The summed E-state index contributed by atoms with van der Waals surface area (Å²) < 4.78 is 0. The van der Waals surface area contributed by atoms with Crippen molar-refractivity contribution in [1.82, 2.24) is 4.90 Å². The highest BCUT2D eigenvalue weighted by Gasteiger charge is 2.24. The van der Waals surface area contributed by atoms with E-state index in [4.69, 9.17) is 0 Å². The number of rotatable bonds is 3. The van der Waals surface area contributed by atoms with E-state index in [1.807, 2.05) is 35.4 Å². The SMILES string of the molecule is CSc1ccccc1C(=O)N1CCCC(CBr)C1. The minimum Gasteiger partial charge on any atom is -0.338 e. The van der Waals surface area contributed by atoms with E-state index in [2.05, 4.69) is 15.9 Å². The standard InChI is InChI=1S/C14H18BrNOS/c1-18-13-7-3-2-6-12(13)14(17)16-8-4-5-11(9-15)10-16/h2-3,6-7,11H,4-5,8-10H2,1H3. The van der Waals surface area contributed by atoms with Crippen LogP contribution in [0.25, 0.3) is 0 Å². The minimum atomic E-state index is 0.186. The molecule has 0 bridgehead atoms. The molecule has 0 aromatic heterocycles. The molecule has 0 N–H and O–H groups in total. The number of carbonyl (C=O) groups is 1. The van der Waals surface area contributed by atoms with Crippen LogP contribution < -0.4 is 0 Å². The number of thioether (sulfide) groups is 1. The largest absolute Gasteiger partial charge is 0.338 e. The van der Waals surface area contributed by atoms with Crippen LogP contribution in [0.4, 0.5) is 0 Å². The second-order valence-electron chi connectivity index (χ2n) is 4.61. The van der Waals surface area contributed by atoms with Gasteiger partial charge in [-0.1, -0.05) is 28.1 Å². The Balaban J connectivity index is 2.15. The van der Waals surface area contributed by atoms with Gasteiger partial charge >= 0.3 is 0 Å². The quantitative estimate of drug-likeness (QED) is 0.623. The molecule has 2 nitrogen and oxygen atoms in total. The summed E-state index contributed by atoms with van der Waals surface area (Å²) in [5, 5.41) is 0.987. The van der Waals surface area contributed by atoms with E-state index < -0.39 is 0 Å². The lowest BCUT2D eigenvalue weighted by Gasteiger charge is -2.32. The van der Waals surface area contributed by atoms with Crippen LogP contribution in [0.3, 0.4) is 0 Å². The van der Waals surface area contributed by atoms with Gasteiger partial charge in [-0.15, -0.1) is 11.8 Å². The summed E-state index contributed by atoms with van der Waals surface area (Å²) in [4.78, 5) is 15.6. The maximum atomic E-state index is 12.5. The zero-order valence-corrected chi connectivity index (χ0v) is 13.0. The first kappa shape index (κ1) is 13.9. The number of nitrogens with zero attached hydrogens (tertiary/aromatic N) is 1. The number of halogens is 1. The van der Waals surface area contributed by atoms with E-state index in [1.165, 1.54) is 6.42 Å². The van der Waals surface area contributed by atoms with Crippen molar-refractivity contribution in [2.75, 3.05) is 24.7 Å². The van der Waals surface area contributed by atoms with Crippen LogP contribution in [0.2, 0.25) is 0 Å². The molecule has 1 saturated heterocycles. The molecule has 1 aliphatic rings. The fourth-order valence-corrected chi connectivity index (χ4v) is 3.49. The highest BCUT2D eigenvalue weighted by molar-refractivity contribution is 9.09. The van der Waals surface area contributed by atoms with Crippen molar-refractivity contribution < 1.29 is 4.79 Å². The lowest BCUT2D eigenvalue weighted by molar-refractivity contribution is 0.0682. The van der Waals surface area contributed by atoms with Gasteiger partial charge in [0.2, 0.25) is 0 Å². The molecule has 1 aromatic carbocycles. The van der Waals surface area contributed by atoms with E-state index in [-0.39, 0.29) is 5.91 Å². The fraction of sp³-hybridized carbons (Fsp3) is 0.500. The Morgan fingerprint density at radius 2 is 2.28 bits per heavy atom. The molecule has 2 rings (SSSR count). The highest BCUT2D eigenvalue weighted by atomic mass is 79.9. The summed E-state index contributed by atoms with van der Waals surface area (Å²) >= 11 is 5.17. The maximum absolute atomic E-state index is 12.5. The molecule has 4 heteroatoms. The number of hydrogen-bond acceptors (Lipinski definition) is 2. The van der Waals surface area contributed by atoms with Crippen molar-refractivity contribution in [3.63, 3.8) is 0 Å². The molecule has 1 fully saturated rings. The minimum absolute atomic E-state index is 0.186. The second-order valence-corrected chi connectivity index (χ2v) is 6.11. The van der Waals surface area contributed by atoms with E-state index in [0.717, 1.165) is 35.3 Å². The molecular weight excluding hydrogens is 310 g/mol. The molecule has 0 aliphatic carbocycles. The molecule has 98 valence electrons. The lowest BCUT2D eigenvalue weighted by Crippen LogP contribution is -2.40. The van der Waals surface area contributed by atoms with Gasteiger partial charge in [0.1, 0.15) is 0 Å². The van der Waals surface area contributed by atoms with Crippen LogP contribution >= 0.6 is 27.7 Å². The van der Waals surface area contributed by atoms with Gasteiger partial charge in [0.05, 0.1) is 5.56 Å². The number of benzene rings is 1. The predicted molar refractivity (Wildman–Crippen MR) is 80.6 cm³/mol. The van der Waals surface area contributed by atoms with Gasteiger partial charge in [0, 0.05) is 23.3 Å². The molecule has 0 radical (unpaired) electrons. The molecule has 0 saturated carbocycles. The summed E-state index contributed by atoms with van der Waals surface area (Å²) in [7, 11) is 0. The third kappa shape index (κ3) is 3.09. The van der Waals surface area contributed by atoms with E-state index in [1.54, 1.807) is 11.8 Å². The van der Waals surface area contributed by atoms with Crippen molar-refractivity contribution in [1.29, 1.82) is 0 Å². The van der Waals surface area contributed by atoms with Crippen molar-refractivity contribution in [3.05, 3.63) is 29.8 Å². The van der Waals surface area contributed by atoms with Crippen LogP contribution in [0.5, 0.6) is 0 Å². The Kier molecular flexibility index (Phi) is 5.13. The third-order valence-corrected chi connectivity index (χ3v) is 5.07. The summed E-state index contributed by atoms with van der Waals surface area (Å²) in [6.07, 6.45) is 4.35. The van der Waals surface area contributed by atoms with Gasteiger partial charge in [0.25, 0.3) is 5.91 Å². The smallest absolute Gasteiger partial charge is 0.254 e. The van der Waals surface area contributed by atoms with Crippen LogP contribution in [0, 0.1) is 5.92 Å². The molecular formula is C14H18BrNOS. The second kappa shape index (κ2) is 6.62. The van der Waals surface area contributed by atoms with E-state index in [0.29, 0.717) is 5.92 Å². The van der Waals surface area contributed by atoms with Crippen LogP contribution in [-0.2, 0) is 0 Å². The zero-order valence-electron chi connectivity index (χ0n) is 10.6. The number of piperidine rings is 1. The third-order valence-electron chi connectivity index (χ3n) is 3.36. The summed E-state index contributed by atoms with van der Waals surface area (Å²) in [6, 6.07) is 7.88. The van der Waals surface area contributed by atoms with Gasteiger partial charge in [-0.25, -0.2) is 0 Å². The lowest BCUT2D eigenvalue weighted by atomic mass is 9.99. The molecule has 18 heavy (non-hydrogen) atoms. The summed E-state index contributed by atoms with van der Waals surface area (Å²) in [5.74, 6) is 0.787. The molecule has 1 amide bonds. The zero-order chi connectivity index (χ0) is 13.0. The van der Waals surface area contributed by atoms with Gasteiger partial charge in [-0.2, -0.15) is 0 Å². The van der Waals surface area contributed by atoms with E-state index >= 15 is 0 Å². The average molecular weight is 328 g/mol. The number of alkyl halides is 1. The monoisotopic (exact) mass is 327 g/mol. The fourth-order valence-electron chi connectivity index (χ4n) is 2.37. The number of carbonyl (C=O) groups excluding carboxylic acids is 1. The van der Waals surface area contributed by atoms with Gasteiger partial charge < -0.3 is 4.90 Å². The molecule has 1 aliphatic heterocycles. The van der Waals surface area contributed by atoms with Gasteiger partial charge in [-0.05, 0) is 37.1 Å². The van der Waals surface area contributed by atoms with Crippen LogP contribution in [-0.4, -0.2) is 35.5 Å². The molecule has 0 spiro atoms. The Labute approximate surface area is 121 Å². The summed E-state index contributed by atoms with van der Waals surface area (Å²) in [6.45, 7) is 1.78. The van der Waals surface area contributed by atoms with Crippen LogP contribution in [0.1, 0.15) is 23.2 Å². The van der Waals surface area contributed by atoms with Crippen LogP contribution in [0.15, 0.2) is 29.2 Å². The normalized spacial score (nSPS) is 19.9. The average Bonchev–Trinajstić information content (AvgIpc) is 2.46. The molecule has 1 heterocycles. The van der Waals surface area contributed by atoms with Crippen molar-refractivity contribution in [2.45, 2.75) is 17.7 Å². The Bertz CT molecular complexity index is 424. The Hall–Kier alpha value is -0.480. The maximum Gasteiger partial charge on any atom is 0.254 e. The molecule has 1 atom stereocenters. The first-order valence-corrected chi connectivity index (χ1v) is 8.59.